The Kier molecular flexibility index (Phi) is 3.74. The first-order chi connectivity index (χ1) is 11.8. The van der Waals surface area contributed by atoms with Gasteiger partial charge in [0.25, 0.3) is 0 Å². The molecule has 2 heterocycles. The molecule has 0 spiro atoms. The maximum atomic E-state index is 10.7. The fraction of sp³-hybridized carbons (Fsp3) is 0.294. The van der Waals surface area contributed by atoms with Crippen molar-refractivity contribution in [3.8, 4) is 11.5 Å². The van der Waals surface area contributed by atoms with E-state index in [2.05, 4.69) is 10.0 Å². The van der Waals surface area contributed by atoms with Crippen LogP contribution in [0.1, 0.15) is 0 Å². The van der Waals surface area contributed by atoms with E-state index in [-0.39, 0.29) is 12.6 Å². The summed E-state index contributed by atoms with van der Waals surface area (Å²) in [5.41, 5.74) is 10.4. The molecule has 24 heavy (non-hydrogen) atoms. The number of rotatable bonds is 2. The van der Waals surface area contributed by atoms with Gasteiger partial charge in [-0.05, 0) is 29.8 Å². The number of hydrogen-bond donors (Lipinski definition) is 1. The lowest BCUT2D eigenvalue weighted by molar-refractivity contribution is -0.0193. The Morgan fingerprint density at radius 1 is 1.04 bits per heavy atom. The fourth-order valence-electron chi connectivity index (χ4n) is 3.25. The van der Waals surface area contributed by atoms with Crippen LogP contribution in [-0.2, 0) is 4.74 Å². The summed E-state index contributed by atoms with van der Waals surface area (Å²) >= 11 is 0. The monoisotopic (exact) mass is 324 g/mol. The zero-order chi connectivity index (χ0) is 16.5. The molecule has 3 atom stereocenters. The van der Waals surface area contributed by atoms with Crippen molar-refractivity contribution in [1.29, 1.82) is 0 Å². The number of azide groups is 1. The van der Waals surface area contributed by atoms with Crippen LogP contribution >= 0.6 is 0 Å². The zero-order valence-corrected chi connectivity index (χ0v) is 12.8. The first-order valence-corrected chi connectivity index (χ1v) is 7.75. The molecule has 2 aromatic rings. The lowest BCUT2D eigenvalue weighted by atomic mass is 9.98. The largest absolute Gasteiger partial charge is 0.453 e. The van der Waals surface area contributed by atoms with Gasteiger partial charge in [0.05, 0.1) is 42.8 Å². The summed E-state index contributed by atoms with van der Waals surface area (Å²) in [6.07, 6.45) is -0.839. The van der Waals surface area contributed by atoms with Crippen molar-refractivity contribution < 1.29 is 14.6 Å². The minimum atomic E-state index is -0.839. The summed E-state index contributed by atoms with van der Waals surface area (Å²) in [7, 11) is 0. The molecule has 0 aliphatic carbocycles. The zero-order valence-electron chi connectivity index (χ0n) is 12.8. The van der Waals surface area contributed by atoms with Crippen molar-refractivity contribution in [2.75, 3.05) is 18.1 Å². The number of benzene rings is 2. The molecule has 1 saturated heterocycles. The van der Waals surface area contributed by atoms with E-state index in [4.69, 9.17) is 15.0 Å². The summed E-state index contributed by atoms with van der Waals surface area (Å²) in [6, 6.07) is 14.3. The van der Waals surface area contributed by atoms with Gasteiger partial charge in [0, 0.05) is 4.91 Å². The van der Waals surface area contributed by atoms with E-state index in [0.717, 1.165) is 11.4 Å². The number of nitrogens with zero attached hydrogens (tertiary/aromatic N) is 4. The molecular weight excluding hydrogens is 308 g/mol. The van der Waals surface area contributed by atoms with E-state index in [1.807, 2.05) is 53.4 Å². The summed E-state index contributed by atoms with van der Waals surface area (Å²) in [6.45, 7) is 0.552. The van der Waals surface area contributed by atoms with Crippen LogP contribution in [0, 0.1) is 0 Å². The number of aliphatic hydroxyl groups excluding tert-OH is 1. The van der Waals surface area contributed by atoms with Gasteiger partial charge in [0.1, 0.15) is 0 Å². The van der Waals surface area contributed by atoms with E-state index >= 15 is 0 Å². The number of anilines is 2. The Labute approximate surface area is 138 Å². The molecule has 7 heteroatoms. The first kappa shape index (κ1) is 14.8. The second-order valence-electron chi connectivity index (χ2n) is 5.78. The van der Waals surface area contributed by atoms with Crippen LogP contribution < -0.4 is 9.64 Å². The molecule has 0 amide bonds. The highest BCUT2D eigenvalue weighted by molar-refractivity contribution is 5.78. The number of fused-ring (bicyclic) bond motifs is 2. The second-order valence-corrected chi connectivity index (χ2v) is 5.78. The van der Waals surface area contributed by atoms with E-state index in [1.54, 1.807) is 0 Å². The Hall–Kier alpha value is -2.73. The first-order valence-electron chi connectivity index (χ1n) is 7.75. The highest BCUT2D eigenvalue weighted by atomic mass is 16.5. The van der Waals surface area contributed by atoms with Crippen molar-refractivity contribution in [3.63, 3.8) is 0 Å². The number of hydrogen-bond acceptors (Lipinski definition) is 5. The molecule has 0 bridgehead atoms. The standard InChI is InChI=1S/C17H16N4O3/c18-20-19-11-9-23-10-14(17(11)22)21-12-5-1-3-7-15(12)24-16-8-4-2-6-13(16)21/h1-8,11,14,17,22H,9-10H2. The third-order valence-corrected chi connectivity index (χ3v) is 4.37. The van der Waals surface area contributed by atoms with Crippen molar-refractivity contribution in [3.05, 3.63) is 59.0 Å². The molecule has 0 radical (unpaired) electrons. The molecule has 2 aliphatic heterocycles. The summed E-state index contributed by atoms with van der Waals surface area (Å²) < 4.78 is 11.6. The van der Waals surface area contributed by atoms with Gasteiger partial charge in [0.2, 0.25) is 0 Å². The fourth-order valence-corrected chi connectivity index (χ4v) is 3.25. The van der Waals surface area contributed by atoms with Gasteiger partial charge in [-0.15, -0.1) is 0 Å². The summed E-state index contributed by atoms with van der Waals surface area (Å²) in [5, 5.41) is 14.4. The van der Waals surface area contributed by atoms with E-state index in [1.165, 1.54) is 0 Å². The molecule has 7 nitrogen and oxygen atoms in total. The van der Waals surface area contributed by atoms with Gasteiger partial charge in [-0.1, -0.05) is 29.4 Å². The molecule has 4 rings (SSSR count). The lowest BCUT2D eigenvalue weighted by Crippen LogP contribution is -2.54. The van der Waals surface area contributed by atoms with Gasteiger partial charge >= 0.3 is 0 Å². The Bertz CT molecular complexity index is 760. The Balaban J connectivity index is 1.81. The minimum absolute atomic E-state index is 0.218. The number of ether oxygens (including phenoxy) is 2. The topological polar surface area (TPSA) is 90.7 Å². The highest BCUT2D eigenvalue weighted by Gasteiger charge is 2.39. The molecule has 3 unspecified atom stereocenters. The van der Waals surface area contributed by atoms with Crippen molar-refractivity contribution in [1.82, 2.24) is 0 Å². The molecule has 0 aromatic heterocycles. The van der Waals surface area contributed by atoms with Gasteiger partial charge in [-0.3, -0.25) is 0 Å². The maximum Gasteiger partial charge on any atom is 0.151 e. The third-order valence-electron chi connectivity index (χ3n) is 4.37. The van der Waals surface area contributed by atoms with E-state index in [9.17, 15) is 5.11 Å². The predicted molar refractivity (Wildman–Crippen MR) is 88.6 cm³/mol. The average Bonchev–Trinajstić information content (AvgIpc) is 2.62. The SMILES string of the molecule is [N-]=[N+]=NC1COCC(N2c3ccccc3Oc3ccccc32)C1O. The molecule has 2 aromatic carbocycles. The molecule has 1 fully saturated rings. The van der Waals surface area contributed by atoms with Crippen LogP contribution in [0.15, 0.2) is 53.6 Å². The van der Waals surface area contributed by atoms with Crippen LogP contribution in [0.2, 0.25) is 0 Å². The quantitative estimate of drug-likeness (QED) is 0.521. The Morgan fingerprint density at radius 3 is 2.29 bits per heavy atom. The van der Waals surface area contributed by atoms with E-state index in [0.29, 0.717) is 18.1 Å². The van der Waals surface area contributed by atoms with Crippen molar-refractivity contribution in [2.45, 2.75) is 18.2 Å². The van der Waals surface area contributed by atoms with Crippen LogP contribution in [-0.4, -0.2) is 36.5 Å². The number of para-hydroxylation sites is 4. The summed E-state index contributed by atoms with van der Waals surface area (Å²) in [4.78, 5) is 4.83. The van der Waals surface area contributed by atoms with Crippen molar-refractivity contribution >= 4 is 11.4 Å². The average molecular weight is 324 g/mol. The van der Waals surface area contributed by atoms with E-state index < -0.39 is 12.1 Å². The second kappa shape index (κ2) is 6.05. The smallest absolute Gasteiger partial charge is 0.151 e. The van der Waals surface area contributed by atoms with Crippen LogP contribution in [0.25, 0.3) is 10.4 Å². The van der Waals surface area contributed by atoms with Crippen LogP contribution in [0.3, 0.4) is 0 Å². The molecule has 1 N–H and O–H groups in total. The minimum Gasteiger partial charge on any atom is -0.453 e. The van der Waals surface area contributed by atoms with Gasteiger partial charge < -0.3 is 19.5 Å². The van der Waals surface area contributed by atoms with Gasteiger partial charge in [0.15, 0.2) is 11.5 Å². The van der Waals surface area contributed by atoms with Crippen LogP contribution in [0.4, 0.5) is 11.4 Å². The Morgan fingerprint density at radius 2 is 1.67 bits per heavy atom. The van der Waals surface area contributed by atoms with Gasteiger partial charge in [-0.25, -0.2) is 0 Å². The lowest BCUT2D eigenvalue weighted by Gasteiger charge is -2.43. The number of aliphatic hydroxyl groups is 1. The van der Waals surface area contributed by atoms with Crippen molar-refractivity contribution in [2.24, 2.45) is 5.11 Å². The molecular formula is C17H16N4O3. The molecule has 122 valence electrons. The van der Waals surface area contributed by atoms with Crippen LogP contribution in [0.5, 0.6) is 11.5 Å². The summed E-state index contributed by atoms with van der Waals surface area (Å²) in [5.74, 6) is 1.43. The maximum absolute atomic E-state index is 10.7. The predicted octanol–water partition coefficient (Wildman–Crippen LogP) is 3.37. The van der Waals surface area contributed by atoms with Gasteiger partial charge in [-0.2, -0.15) is 0 Å². The molecule has 0 saturated carbocycles. The highest BCUT2D eigenvalue weighted by Crippen LogP contribution is 2.48. The third kappa shape index (κ3) is 2.35. The molecule has 2 aliphatic rings. The normalized spacial score (nSPS) is 25.0.